The molecule has 194 valence electrons. The zero-order valence-corrected chi connectivity index (χ0v) is 22.3. The SMILES string of the molecule is CN1CCC[C@H]1COc1nc2c(c(N3C[C@H]4CC[C@@H](C3)N4)n1)CCN(c1cccc3cccc(Cl)c13)C2. The number of aromatic nitrogens is 2. The predicted octanol–water partition coefficient (Wildman–Crippen LogP) is 4.26. The molecule has 3 fully saturated rings. The number of benzene rings is 2. The van der Waals surface area contributed by atoms with Crippen LogP contribution in [0.3, 0.4) is 0 Å². The molecule has 3 atom stereocenters. The molecule has 1 N–H and O–H groups in total. The van der Waals surface area contributed by atoms with Crippen LogP contribution in [0.15, 0.2) is 36.4 Å². The number of hydrogen-bond donors (Lipinski definition) is 1. The maximum absolute atomic E-state index is 6.69. The van der Waals surface area contributed by atoms with Crippen LogP contribution >= 0.6 is 11.6 Å². The first kappa shape index (κ1) is 23.5. The van der Waals surface area contributed by atoms with E-state index in [1.165, 1.54) is 42.3 Å². The minimum Gasteiger partial charge on any atom is -0.462 e. The fourth-order valence-electron chi connectivity index (χ4n) is 6.79. The highest BCUT2D eigenvalue weighted by Crippen LogP contribution is 2.37. The Labute approximate surface area is 223 Å². The number of anilines is 2. The van der Waals surface area contributed by atoms with E-state index in [4.69, 9.17) is 26.3 Å². The van der Waals surface area contributed by atoms with Gasteiger partial charge in [-0.05, 0) is 63.2 Å². The van der Waals surface area contributed by atoms with Gasteiger partial charge in [-0.1, -0.05) is 35.9 Å². The summed E-state index contributed by atoms with van der Waals surface area (Å²) < 4.78 is 6.31. The Kier molecular flexibility index (Phi) is 6.10. The van der Waals surface area contributed by atoms with Gasteiger partial charge in [-0.25, -0.2) is 0 Å². The van der Waals surface area contributed by atoms with Crippen LogP contribution in [0.25, 0.3) is 10.8 Å². The van der Waals surface area contributed by atoms with Gasteiger partial charge >= 0.3 is 6.01 Å². The molecule has 0 radical (unpaired) electrons. The van der Waals surface area contributed by atoms with Gasteiger partial charge in [0.15, 0.2) is 0 Å². The summed E-state index contributed by atoms with van der Waals surface area (Å²) in [5, 5.41) is 6.84. The molecule has 0 unspecified atom stereocenters. The number of hydrogen-bond acceptors (Lipinski definition) is 7. The molecule has 1 aromatic heterocycles. The third kappa shape index (κ3) is 4.41. The predicted molar refractivity (Wildman–Crippen MR) is 149 cm³/mol. The first-order chi connectivity index (χ1) is 18.1. The summed E-state index contributed by atoms with van der Waals surface area (Å²) in [5.41, 5.74) is 3.54. The van der Waals surface area contributed by atoms with Crippen LogP contribution < -0.4 is 19.9 Å². The smallest absolute Gasteiger partial charge is 0.318 e. The van der Waals surface area contributed by atoms with Gasteiger partial charge in [0.05, 0.1) is 17.3 Å². The number of fused-ring (bicyclic) bond motifs is 4. The van der Waals surface area contributed by atoms with Crippen LogP contribution in [-0.4, -0.2) is 72.8 Å². The number of likely N-dealkylation sites (tertiary alicyclic amines) is 1. The van der Waals surface area contributed by atoms with Crippen LogP contribution in [-0.2, 0) is 13.0 Å². The van der Waals surface area contributed by atoms with Crippen molar-refractivity contribution in [3.63, 3.8) is 0 Å². The Morgan fingerprint density at radius 1 is 1.00 bits per heavy atom. The average Bonchev–Trinajstić information content (AvgIpc) is 3.49. The first-order valence-corrected chi connectivity index (χ1v) is 14.2. The van der Waals surface area contributed by atoms with Crippen molar-refractivity contribution in [3.05, 3.63) is 52.7 Å². The van der Waals surface area contributed by atoms with E-state index in [0.717, 1.165) is 61.1 Å². The second-order valence-electron chi connectivity index (χ2n) is 11.2. The molecule has 0 amide bonds. The molecular weight excluding hydrogens is 484 g/mol. The maximum atomic E-state index is 6.69. The number of ether oxygens (including phenoxy) is 1. The summed E-state index contributed by atoms with van der Waals surface area (Å²) >= 11 is 6.69. The fourth-order valence-corrected chi connectivity index (χ4v) is 7.07. The Morgan fingerprint density at radius 3 is 2.59 bits per heavy atom. The first-order valence-electron chi connectivity index (χ1n) is 13.8. The van der Waals surface area contributed by atoms with E-state index in [1.807, 2.05) is 12.1 Å². The zero-order valence-electron chi connectivity index (χ0n) is 21.5. The Morgan fingerprint density at radius 2 is 1.81 bits per heavy atom. The number of nitrogens with one attached hydrogen (secondary N) is 1. The van der Waals surface area contributed by atoms with E-state index in [2.05, 4.69) is 51.3 Å². The van der Waals surface area contributed by atoms with Crippen LogP contribution in [0.1, 0.15) is 36.9 Å². The molecule has 7 nitrogen and oxygen atoms in total. The number of likely N-dealkylation sites (N-methyl/N-ethyl adjacent to an activating group) is 1. The minimum absolute atomic E-state index is 0.437. The van der Waals surface area contributed by atoms with E-state index < -0.39 is 0 Å². The summed E-state index contributed by atoms with van der Waals surface area (Å²) in [5.74, 6) is 1.09. The van der Waals surface area contributed by atoms with E-state index in [1.54, 1.807) is 0 Å². The Bertz CT molecular complexity index is 1300. The lowest BCUT2D eigenvalue weighted by molar-refractivity contribution is 0.187. The number of halogens is 1. The third-order valence-electron chi connectivity index (χ3n) is 8.79. The lowest BCUT2D eigenvalue weighted by atomic mass is 10.0. The van der Waals surface area contributed by atoms with Gasteiger partial charge in [-0.15, -0.1) is 0 Å². The van der Waals surface area contributed by atoms with E-state index in [9.17, 15) is 0 Å². The molecule has 0 saturated carbocycles. The summed E-state index contributed by atoms with van der Waals surface area (Å²) in [6, 6.07) is 14.6. The van der Waals surface area contributed by atoms with Crippen molar-refractivity contribution in [3.8, 4) is 6.01 Å². The monoisotopic (exact) mass is 518 g/mol. The van der Waals surface area contributed by atoms with Crippen LogP contribution in [0.5, 0.6) is 6.01 Å². The number of piperazine rings is 1. The normalized spacial score (nSPS) is 25.6. The van der Waals surface area contributed by atoms with Gasteiger partial charge in [-0.2, -0.15) is 9.97 Å². The van der Waals surface area contributed by atoms with Crippen LogP contribution in [0.4, 0.5) is 11.5 Å². The Hall–Kier alpha value is -2.61. The largest absolute Gasteiger partial charge is 0.462 e. The fraction of sp³-hybridized carbons (Fsp3) is 0.517. The lowest BCUT2D eigenvalue weighted by Gasteiger charge is -2.37. The summed E-state index contributed by atoms with van der Waals surface area (Å²) in [7, 11) is 2.18. The highest BCUT2D eigenvalue weighted by molar-refractivity contribution is 6.36. The minimum atomic E-state index is 0.437. The van der Waals surface area contributed by atoms with Crippen molar-refractivity contribution < 1.29 is 4.74 Å². The second-order valence-corrected chi connectivity index (χ2v) is 11.6. The molecule has 7 rings (SSSR count). The van der Waals surface area contributed by atoms with Gasteiger partial charge in [0.2, 0.25) is 0 Å². The van der Waals surface area contributed by atoms with Crippen molar-refractivity contribution >= 4 is 33.9 Å². The summed E-state index contributed by atoms with van der Waals surface area (Å²) in [4.78, 5) is 17.4. The van der Waals surface area contributed by atoms with Gasteiger partial charge in [0.1, 0.15) is 12.4 Å². The van der Waals surface area contributed by atoms with Crippen LogP contribution in [0.2, 0.25) is 5.02 Å². The van der Waals surface area contributed by atoms with Gasteiger partial charge in [-0.3, -0.25) is 0 Å². The van der Waals surface area contributed by atoms with Crippen molar-refractivity contribution in [2.24, 2.45) is 0 Å². The molecule has 4 aliphatic heterocycles. The van der Waals surface area contributed by atoms with E-state index >= 15 is 0 Å². The van der Waals surface area contributed by atoms with Crippen LogP contribution in [0, 0.1) is 0 Å². The molecule has 5 heterocycles. The highest BCUT2D eigenvalue weighted by Gasteiger charge is 2.35. The van der Waals surface area contributed by atoms with Crippen molar-refractivity contribution in [1.82, 2.24) is 20.2 Å². The topological polar surface area (TPSA) is 56.8 Å². The molecule has 37 heavy (non-hydrogen) atoms. The molecule has 8 heteroatoms. The van der Waals surface area contributed by atoms with E-state index in [-0.39, 0.29) is 0 Å². The molecule has 0 spiro atoms. The van der Waals surface area contributed by atoms with Gasteiger partial charge < -0.3 is 24.8 Å². The molecule has 4 aliphatic rings. The van der Waals surface area contributed by atoms with Crippen molar-refractivity contribution in [2.45, 2.75) is 56.8 Å². The summed E-state index contributed by atoms with van der Waals surface area (Å²) in [6.45, 7) is 5.44. The molecule has 3 aromatic rings. The molecular formula is C29H35ClN6O. The summed E-state index contributed by atoms with van der Waals surface area (Å²) in [6.07, 6.45) is 5.82. The zero-order chi connectivity index (χ0) is 24.9. The Balaban J connectivity index is 1.23. The molecule has 3 saturated heterocycles. The number of rotatable bonds is 5. The van der Waals surface area contributed by atoms with E-state index in [0.29, 0.717) is 30.7 Å². The number of nitrogens with zero attached hydrogens (tertiary/aromatic N) is 5. The quantitative estimate of drug-likeness (QED) is 0.541. The molecule has 2 aromatic carbocycles. The van der Waals surface area contributed by atoms with Crippen molar-refractivity contribution in [2.75, 3.05) is 49.6 Å². The van der Waals surface area contributed by atoms with Crippen molar-refractivity contribution in [1.29, 1.82) is 0 Å². The maximum Gasteiger partial charge on any atom is 0.318 e. The average molecular weight is 519 g/mol. The highest BCUT2D eigenvalue weighted by atomic mass is 35.5. The van der Waals surface area contributed by atoms with Gasteiger partial charge in [0, 0.05) is 54.4 Å². The second kappa shape index (κ2) is 9.61. The van der Waals surface area contributed by atoms with Gasteiger partial charge in [0.25, 0.3) is 0 Å². The lowest BCUT2D eigenvalue weighted by Crippen LogP contribution is -2.52. The molecule has 2 bridgehead atoms. The third-order valence-corrected chi connectivity index (χ3v) is 9.10. The molecule has 0 aliphatic carbocycles. The standard InChI is InChI=1S/C29H35ClN6O/c1-34-13-4-7-22(34)18-37-29-32-25-17-35(26-9-3-6-19-5-2-8-24(30)27(19)26)14-12-23(25)28(33-29)36-15-20-10-11-21(16-36)31-20/h2-3,5-6,8-9,20-22,31H,4,7,10-18H2,1H3/t20-,21+,22-/m0/s1.